The lowest BCUT2D eigenvalue weighted by Gasteiger charge is -2.14. The van der Waals surface area contributed by atoms with E-state index >= 15 is 0 Å². The molecule has 2 N–H and O–H groups in total. The quantitative estimate of drug-likeness (QED) is 0.532. The van der Waals surface area contributed by atoms with Crippen LogP contribution in [0.1, 0.15) is 33.1 Å². The van der Waals surface area contributed by atoms with Crippen LogP contribution in [-0.2, 0) is 6.42 Å². The van der Waals surface area contributed by atoms with Crippen molar-refractivity contribution in [3.05, 3.63) is 70.9 Å². The van der Waals surface area contributed by atoms with Crippen molar-refractivity contribution in [2.75, 3.05) is 6.54 Å². The van der Waals surface area contributed by atoms with Crippen LogP contribution in [-0.4, -0.2) is 38.5 Å². The van der Waals surface area contributed by atoms with E-state index in [2.05, 4.69) is 31.3 Å². The van der Waals surface area contributed by atoms with Crippen LogP contribution in [0.3, 0.4) is 0 Å². The Bertz CT molecular complexity index is 1310. The molecule has 5 rings (SSSR count). The summed E-state index contributed by atoms with van der Waals surface area (Å²) in [6, 6.07) is 11.6. The monoisotopic (exact) mass is 413 g/mol. The molecule has 0 unspecified atom stereocenters. The van der Waals surface area contributed by atoms with Crippen molar-refractivity contribution in [1.29, 1.82) is 0 Å². The van der Waals surface area contributed by atoms with Gasteiger partial charge < -0.3 is 15.0 Å². The maximum atomic E-state index is 12.7. The van der Waals surface area contributed by atoms with Crippen molar-refractivity contribution in [2.45, 2.75) is 33.3 Å². The van der Waals surface area contributed by atoms with Gasteiger partial charge in [-0.1, -0.05) is 12.1 Å². The number of nitrogens with one attached hydrogen (secondary N) is 2. The third-order valence-corrected chi connectivity index (χ3v) is 5.51. The van der Waals surface area contributed by atoms with Crippen LogP contribution in [0.2, 0.25) is 0 Å². The van der Waals surface area contributed by atoms with Gasteiger partial charge in [-0.25, -0.2) is 9.97 Å². The molecule has 7 nitrogen and oxygen atoms in total. The summed E-state index contributed by atoms with van der Waals surface area (Å²) in [5.74, 6) is 1.53. The number of imidazole rings is 1. The molecule has 4 aromatic rings. The lowest BCUT2D eigenvalue weighted by molar-refractivity contribution is 0.0934. The molecule has 2 aromatic heterocycles. The van der Waals surface area contributed by atoms with Crippen LogP contribution in [0.25, 0.3) is 22.3 Å². The van der Waals surface area contributed by atoms with Gasteiger partial charge in [0.15, 0.2) is 0 Å². The molecule has 31 heavy (non-hydrogen) atoms. The first-order valence-electron chi connectivity index (χ1n) is 10.3. The van der Waals surface area contributed by atoms with Gasteiger partial charge in [-0.2, -0.15) is 0 Å². The standard InChI is InChI=1S/C24H23N5O2/c1-13-11-25-14(2)22(27-13)19-6-4-5-16-9-18(31-23(16)19)12-26-24(30)17-7-8-20-21(10-17)29-15(3)28-20/h4-8,10-11,18H,9,12H2,1-3H3,(H,26,30)(H,28,29)/t18-/m0/s1. The fourth-order valence-electron chi connectivity index (χ4n) is 4.02. The molecule has 156 valence electrons. The molecule has 0 saturated heterocycles. The van der Waals surface area contributed by atoms with Gasteiger partial charge in [-0.05, 0) is 50.6 Å². The second-order valence-electron chi connectivity index (χ2n) is 7.95. The second kappa shape index (κ2) is 7.50. The molecule has 0 fully saturated rings. The number of benzene rings is 2. The lowest BCUT2D eigenvalue weighted by atomic mass is 10.0. The molecule has 0 saturated carbocycles. The van der Waals surface area contributed by atoms with E-state index in [-0.39, 0.29) is 12.0 Å². The zero-order chi connectivity index (χ0) is 21.5. The normalized spacial score (nSPS) is 15.0. The summed E-state index contributed by atoms with van der Waals surface area (Å²) in [4.78, 5) is 29.3. The van der Waals surface area contributed by atoms with E-state index < -0.39 is 0 Å². The summed E-state index contributed by atoms with van der Waals surface area (Å²) < 4.78 is 6.25. The maximum absolute atomic E-state index is 12.7. The van der Waals surface area contributed by atoms with Crippen LogP contribution in [0.15, 0.2) is 42.6 Å². The molecule has 2 aromatic carbocycles. The number of fused-ring (bicyclic) bond motifs is 2. The van der Waals surface area contributed by atoms with E-state index in [0.717, 1.165) is 57.2 Å². The highest BCUT2D eigenvalue weighted by Gasteiger charge is 2.27. The molecule has 0 aliphatic carbocycles. The Labute approximate surface area is 179 Å². The van der Waals surface area contributed by atoms with Gasteiger partial charge in [0.1, 0.15) is 17.7 Å². The summed E-state index contributed by atoms with van der Waals surface area (Å²) >= 11 is 0. The van der Waals surface area contributed by atoms with Gasteiger partial charge in [-0.3, -0.25) is 9.78 Å². The van der Waals surface area contributed by atoms with Crippen LogP contribution < -0.4 is 10.1 Å². The summed E-state index contributed by atoms with van der Waals surface area (Å²) in [6.45, 7) is 6.20. The van der Waals surface area contributed by atoms with Crippen LogP contribution in [0, 0.1) is 20.8 Å². The number of amides is 1. The van der Waals surface area contributed by atoms with Crippen LogP contribution >= 0.6 is 0 Å². The molecule has 1 atom stereocenters. The zero-order valence-corrected chi connectivity index (χ0v) is 17.7. The average Bonchev–Trinajstić information content (AvgIpc) is 3.35. The number of rotatable bonds is 4. The molecule has 0 bridgehead atoms. The number of aryl methyl sites for hydroxylation is 3. The molecule has 0 spiro atoms. The van der Waals surface area contributed by atoms with E-state index in [1.807, 2.05) is 45.0 Å². The molecular weight excluding hydrogens is 390 g/mol. The number of ether oxygens (including phenoxy) is 1. The molecule has 0 radical (unpaired) electrons. The molecule has 3 heterocycles. The highest BCUT2D eigenvalue weighted by molar-refractivity contribution is 5.97. The maximum Gasteiger partial charge on any atom is 0.251 e. The van der Waals surface area contributed by atoms with Crippen LogP contribution in [0.4, 0.5) is 0 Å². The number of hydrogen-bond donors (Lipinski definition) is 2. The SMILES string of the molecule is Cc1cnc(C)c(-c2cccc3c2O[C@H](CNC(=O)c2ccc4nc(C)[nH]c4c2)C3)n1. The number of para-hydroxylation sites is 1. The number of nitrogens with zero attached hydrogens (tertiary/aromatic N) is 3. The molecular formula is C24H23N5O2. The number of carbonyl (C=O) groups excluding carboxylic acids is 1. The second-order valence-corrected chi connectivity index (χ2v) is 7.95. The van der Waals surface area contributed by atoms with Gasteiger partial charge >= 0.3 is 0 Å². The number of carbonyl (C=O) groups is 1. The predicted molar refractivity (Wildman–Crippen MR) is 118 cm³/mol. The zero-order valence-electron chi connectivity index (χ0n) is 17.7. The van der Waals surface area contributed by atoms with Gasteiger partial charge in [-0.15, -0.1) is 0 Å². The number of hydrogen-bond acceptors (Lipinski definition) is 5. The van der Waals surface area contributed by atoms with Crippen molar-refractivity contribution in [1.82, 2.24) is 25.3 Å². The summed E-state index contributed by atoms with van der Waals surface area (Å²) in [5.41, 5.74) is 6.93. The Morgan fingerprint density at radius 1 is 1.19 bits per heavy atom. The highest BCUT2D eigenvalue weighted by Crippen LogP contribution is 2.38. The van der Waals surface area contributed by atoms with Crippen molar-refractivity contribution in [3.63, 3.8) is 0 Å². The summed E-state index contributed by atoms with van der Waals surface area (Å²) in [7, 11) is 0. The number of aromatic amines is 1. The molecule has 7 heteroatoms. The fourth-order valence-corrected chi connectivity index (χ4v) is 4.02. The lowest BCUT2D eigenvalue weighted by Crippen LogP contribution is -2.34. The van der Waals surface area contributed by atoms with Crippen molar-refractivity contribution in [3.8, 4) is 17.0 Å². The Kier molecular flexibility index (Phi) is 4.66. The molecule has 1 amide bonds. The van der Waals surface area contributed by atoms with E-state index in [4.69, 9.17) is 4.74 Å². The minimum absolute atomic E-state index is 0.128. The van der Waals surface area contributed by atoms with Crippen LogP contribution in [0.5, 0.6) is 5.75 Å². The van der Waals surface area contributed by atoms with Crippen molar-refractivity contribution >= 4 is 16.9 Å². The highest BCUT2D eigenvalue weighted by atomic mass is 16.5. The first-order valence-corrected chi connectivity index (χ1v) is 10.3. The van der Waals surface area contributed by atoms with Gasteiger partial charge in [0.2, 0.25) is 0 Å². The summed E-state index contributed by atoms with van der Waals surface area (Å²) in [6.07, 6.45) is 2.38. The van der Waals surface area contributed by atoms with Gasteiger partial charge in [0.25, 0.3) is 5.91 Å². The number of aromatic nitrogens is 4. The topological polar surface area (TPSA) is 92.8 Å². The van der Waals surface area contributed by atoms with Crippen molar-refractivity contribution in [2.24, 2.45) is 0 Å². The van der Waals surface area contributed by atoms with E-state index in [0.29, 0.717) is 12.1 Å². The Hall–Kier alpha value is -3.74. The largest absolute Gasteiger partial charge is 0.487 e. The Morgan fingerprint density at radius 2 is 2.06 bits per heavy atom. The number of H-pyrrole nitrogens is 1. The summed E-state index contributed by atoms with van der Waals surface area (Å²) in [5, 5.41) is 3.00. The molecule has 1 aliphatic heterocycles. The fraction of sp³-hybridized carbons (Fsp3) is 0.250. The minimum atomic E-state index is -0.130. The Balaban J connectivity index is 1.31. The van der Waals surface area contributed by atoms with Crippen molar-refractivity contribution < 1.29 is 9.53 Å². The third-order valence-electron chi connectivity index (χ3n) is 5.51. The van der Waals surface area contributed by atoms with E-state index in [9.17, 15) is 4.79 Å². The smallest absolute Gasteiger partial charge is 0.251 e. The van der Waals surface area contributed by atoms with E-state index in [1.54, 1.807) is 12.3 Å². The first-order chi connectivity index (χ1) is 15.0. The van der Waals surface area contributed by atoms with Gasteiger partial charge in [0.05, 0.1) is 34.7 Å². The average molecular weight is 413 g/mol. The predicted octanol–water partition coefficient (Wildman–Crippen LogP) is 3.68. The first kappa shape index (κ1) is 19.2. The third kappa shape index (κ3) is 3.63. The minimum Gasteiger partial charge on any atom is -0.487 e. The Morgan fingerprint density at radius 3 is 2.94 bits per heavy atom. The van der Waals surface area contributed by atoms with E-state index in [1.165, 1.54) is 0 Å². The van der Waals surface area contributed by atoms with Gasteiger partial charge in [0, 0.05) is 23.7 Å². The molecule has 1 aliphatic rings.